The monoisotopic (exact) mass is 465 g/mol. The summed E-state index contributed by atoms with van der Waals surface area (Å²) in [6.45, 7) is 11.0. The number of nitrogens with one attached hydrogen (secondary N) is 2. The summed E-state index contributed by atoms with van der Waals surface area (Å²) in [5.74, 6) is 0.358. The second kappa shape index (κ2) is 10.8. The number of nitrogens with two attached hydrogens (primary N) is 1. The Morgan fingerprint density at radius 3 is 2.09 bits per heavy atom. The molecule has 0 heterocycles. The fraction of sp³-hybridized carbons (Fsp3) is 0.667. The van der Waals surface area contributed by atoms with E-state index < -0.39 is 16.1 Å². The van der Waals surface area contributed by atoms with Gasteiger partial charge in [-0.15, -0.1) is 0 Å². The topological polar surface area (TPSA) is 118 Å². The minimum absolute atomic E-state index is 0.0233. The lowest BCUT2D eigenvalue weighted by atomic mass is 9.69. The van der Waals surface area contributed by atoms with Crippen LogP contribution >= 0.6 is 0 Å². The van der Waals surface area contributed by atoms with Crippen molar-refractivity contribution in [2.24, 2.45) is 28.3 Å². The molecular formula is C24H39N3O4S. The molecule has 0 radical (unpaired) electrons. The van der Waals surface area contributed by atoms with Gasteiger partial charge in [-0.3, -0.25) is 9.59 Å². The molecule has 4 N–H and O–H groups in total. The van der Waals surface area contributed by atoms with E-state index in [4.69, 9.17) is 5.14 Å². The Hall–Kier alpha value is -1.93. The lowest BCUT2D eigenvalue weighted by Crippen LogP contribution is -2.51. The quantitative estimate of drug-likeness (QED) is 0.547. The number of sulfonamides is 1. The van der Waals surface area contributed by atoms with Crippen LogP contribution in [-0.4, -0.2) is 32.8 Å². The third-order valence-corrected chi connectivity index (χ3v) is 7.46. The summed E-state index contributed by atoms with van der Waals surface area (Å²) < 4.78 is 22.7. The van der Waals surface area contributed by atoms with Crippen LogP contribution in [0.2, 0.25) is 0 Å². The van der Waals surface area contributed by atoms with Crippen LogP contribution in [0.1, 0.15) is 65.9 Å². The number of amides is 2. The van der Waals surface area contributed by atoms with Crippen molar-refractivity contribution in [1.82, 2.24) is 10.6 Å². The lowest BCUT2D eigenvalue weighted by molar-refractivity contribution is -0.133. The van der Waals surface area contributed by atoms with Crippen molar-refractivity contribution in [3.63, 3.8) is 0 Å². The number of carbonyl (C=O) groups is 2. The molecule has 1 aromatic rings. The molecule has 32 heavy (non-hydrogen) atoms. The van der Waals surface area contributed by atoms with Crippen LogP contribution in [0.25, 0.3) is 0 Å². The largest absolute Gasteiger partial charge is 0.354 e. The Kier molecular flexibility index (Phi) is 8.88. The van der Waals surface area contributed by atoms with Gasteiger partial charge in [0.15, 0.2) is 0 Å². The van der Waals surface area contributed by atoms with E-state index >= 15 is 0 Å². The van der Waals surface area contributed by atoms with Gasteiger partial charge in [0.25, 0.3) is 0 Å². The Labute approximate surface area is 193 Å². The molecule has 180 valence electrons. The molecule has 8 heteroatoms. The van der Waals surface area contributed by atoms with Crippen LogP contribution in [0, 0.1) is 23.2 Å². The van der Waals surface area contributed by atoms with Gasteiger partial charge in [0.1, 0.15) is 6.04 Å². The van der Waals surface area contributed by atoms with E-state index in [1.165, 1.54) is 12.1 Å². The molecule has 1 saturated carbocycles. The Bertz CT molecular complexity index is 881. The van der Waals surface area contributed by atoms with E-state index in [1.54, 1.807) is 12.1 Å². The maximum Gasteiger partial charge on any atom is 0.242 e. The van der Waals surface area contributed by atoms with E-state index in [2.05, 4.69) is 31.4 Å². The fourth-order valence-electron chi connectivity index (χ4n) is 4.31. The van der Waals surface area contributed by atoms with E-state index in [1.807, 2.05) is 13.8 Å². The average Bonchev–Trinajstić information content (AvgIpc) is 2.70. The summed E-state index contributed by atoms with van der Waals surface area (Å²) in [5, 5.41) is 11.0. The van der Waals surface area contributed by atoms with Gasteiger partial charge in [0.05, 0.1) is 4.90 Å². The summed E-state index contributed by atoms with van der Waals surface area (Å²) in [4.78, 5) is 25.6. The summed E-state index contributed by atoms with van der Waals surface area (Å²) in [5.41, 5.74) is 1.15. The number of rotatable bonds is 8. The standard InChI is InChI=1S/C24H39N3O4S/c1-16(2)21(27-22(28)18-8-10-19(11-9-18)24(3,4)5)23(29)26-15-14-17-6-12-20(13-7-17)32(25,30)31/h6-7,12-13,16,18-19,21H,8-11,14-15H2,1-5H3,(H,26,29)(H,27,28)(H2,25,30,31)/t18?,19?,21-/m0/s1. The van der Waals surface area contributed by atoms with Crippen LogP contribution < -0.4 is 15.8 Å². The highest BCUT2D eigenvalue weighted by atomic mass is 32.2. The molecule has 2 rings (SSSR count). The van der Waals surface area contributed by atoms with Crippen molar-refractivity contribution in [2.75, 3.05) is 6.54 Å². The van der Waals surface area contributed by atoms with Gasteiger partial charge < -0.3 is 10.6 Å². The van der Waals surface area contributed by atoms with Crippen LogP contribution in [0.3, 0.4) is 0 Å². The van der Waals surface area contributed by atoms with Gasteiger partial charge in [-0.25, -0.2) is 13.6 Å². The van der Waals surface area contributed by atoms with Gasteiger partial charge in [-0.2, -0.15) is 0 Å². The number of carbonyl (C=O) groups excluding carboxylic acids is 2. The van der Waals surface area contributed by atoms with Crippen molar-refractivity contribution in [2.45, 2.75) is 77.7 Å². The first-order valence-corrected chi connectivity index (χ1v) is 13.0. The molecule has 1 aliphatic carbocycles. The van der Waals surface area contributed by atoms with E-state index in [0.29, 0.717) is 18.9 Å². The predicted octanol–water partition coefficient (Wildman–Crippen LogP) is 2.99. The molecule has 1 aliphatic rings. The van der Waals surface area contributed by atoms with E-state index in [-0.39, 0.29) is 34.0 Å². The third kappa shape index (κ3) is 7.59. The molecule has 0 spiro atoms. The second-order valence-corrected chi connectivity index (χ2v) is 11.9. The van der Waals surface area contributed by atoms with Crippen molar-refractivity contribution in [3.8, 4) is 0 Å². The van der Waals surface area contributed by atoms with Crippen molar-refractivity contribution < 1.29 is 18.0 Å². The number of benzene rings is 1. The summed E-state index contributed by atoms with van der Waals surface area (Å²) >= 11 is 0. The molecular weight excluding hydrogens is 426 g/mol. The SMILES string of the molecule is CC(C)[C@H](NC(=O)C1CCC(C(C)(C)C)CC1)C(=O)NCCc1ccc(S(N)(=O)=O)cc1. The number of primary sulfonamides is 1. The van der Waals surface area contributed by atoms with Crippen LogP contribution in [0.5, 0.6) is 0 Å². The summed E-state index contributed by atoms with van der Waals surface area (Å²) in [6.07, 6.45) is 4.38. The third-order valence-electron chi connectivity index (χ3n) is 6.53. The zero-order valence-electron chi connectivity index (χ0n) is 20.0. The molecule has 1 aromatic carbocycles. The van der Waals surface area contributed by atoms with Gasteiger partial charge >= 0.3 is 0 Å². The zero-order valence-corrected chi connectivity index (χ0v) is 20.8. The summed E-state index contributed by atoms with van der Waals surface area (Å²) in [6, 6.07) is 5.70. The predicted molar refractivity (Wildman–Crippen MR) is 126 cm³/mol. The van der Waals surface area contributed by atoms with Crippen molar-refractivity contribution in [1.29, 1.82) is 0 Å². The van der Waals surface area contributed by atoms with Crippen molar-refractivity contribution >= 4 is 21.8 Å². The van der Waals surface area contributed by atoms with E-state index in [9.17, 15) is 18.0 Å². The minimum atomic E-state index is -3.72. The highest BCUT2D eigenvalue weighted by Crippen LogP contribution is 2.39. The van der Waals surface area contributed by atoms with Crippen LogP contribution in [-0.2, 0) is 26.0 Å². The average molecular weight is 466 g/mol. The molecule has 0 saturated heterocycles. The van der Waals surface area contributed by atoms with E-state index in [0.717, 1.165) is 31.2 Å². The molecule has 2 amide bonds. The first-order chi connectivity index (χ1) is 14.8. The fourth-order valence-corrected chi connectivity index (χ4v) is 4.83. The molecule has 0 aliphatic heterocycles. The molecule has 7 nitrogen and oxygen atoms in total. The molecule has 0 aromatic heterocycles. The smallest absolute Gasteiger partial charge is 0.242 e. The first kappa shape index (κ1) is 26.3. The first-order valence-electron chi connectivity index (χ1n) is 11.5. The van der Waals surface area contributed by atoms with Crippen LogP contribution in [0.15, 0.2) is 29.2 Å². The minimum Gasteiger partial charge on any atom is -0.354 e. The maximum atomic E-state index is 12.8. The maximum absolute atomic E-state index is 12.8. The molecule has 1 atom stereocenters. The highest BCUT2D eigenvalue weighted by molar-refractivity contribution is 7.89. The highest BCUT2D eigenvalue weighted by Gasteiger charge is 2.34. The summed E-state index contributed by atoms with van der Waals surface area (Å²) in [7, 11) is -3.72. The zero-order chi connectivity index (χ0) is 24.1. The Balaban J connectivity index is 1.85. The van der Waals surface area contributed by atoms with Gasteiger partial charge in [-0.05, 0) is 67.1 Å². The molecule has 1 fully saturated rings. The van der Waals surface area contributed by atoms with Gasteiger partial charge in [0.2, 0.25) is 21.8 Å². The molecule has 0 bridgehead atoms. The van der Waals surface area contributed by atoms with Gasteiger partial charge in [0, 0.05) is 12.5 Å². The second-order valence-electron chi connectivity index (χ2n) is 10.4. The number of hydrogen-bond donors (Lipinski definition) is 3. The Morgan fingerprint density at radius 1 is 1.06 bits per heavy atom. The molecule has 0 unspecified atom stereocenters. The lowest BCUT2D eigenvalue weighted by Gasteiger charge is -2.37. The van der Waals surface area contributed by atoms with Crippen LogP contribution in [0.4, 0.5) is 0 Å². The Morgan fingerprint density at radius 2 is 1.62 bits per heavy atom. The number of hydrogen-bond acceptors (Lipinski definition) is 4. The van der Waals surface area contributed by atoms with Gasteiger partial charge in [-0.1, -0.05) is 46.8 Å². The van der Waals surface area contributed by atoms with Crippen molar-refractivity contribution in [3.05, 3.63) is 29.8 Å². The normalized spacial score (nSPS) is 20.6.